The van der Waals surface area contributed by atoms with Crippen molar-refractivity contribution in [3.63, 3.8) is 0 Å². The van der Waals surface area contributed by atoms with Gasteiger partial charge in [0.05, 0.1) is 5.56 Å². The molecule has 1 aromatic heterocycles. The minimum atomic E-state index is -0.904. The van der Waals surface area contributed by atoms with Crippen LogP contribution < -0.4 is 0 Å². The molecule has 0 radical (unpaired) electrons. The molecule has 0 saturated carbocycles. The first-order valence-corrected chi connectivity index (χ1v) is 5.89. The maximum absolute atomic E-state index is 10.9. The third-order valence-electron chi connectivity index (χ3n) is 2.81. The lowest BCUT2D eigenvalue weighted by Gasteiger charge is -1.95. The fourth-order valence-corrected chi connectivity index (χ4v) is 2.37. The van der Waals surface area contributed by atoms with E-state index in [1.807, 2.05) is 18.2 Å². The van der Waals surface area contributed by atoms with Crippen molar-refractivity contribution >= 4 is 43.7 Å². The number of carboxylic acids is 1. The normalized spacial score (nSPS) is 11.1. The van der Waals surface area contributed by atoms with Crippen LogP contribution in [0.25, 0.3) is 21.8 Å². The summed E-state index contributed by atoms with van der Waals surface area (Å²) >= 11 is 3.41. The minimum Gasteiger partial charge on any atom is -0.478 e. The molecule has 0 aliphatic rings. The highest BCUT2D eigenvalue weighted by atomic mass is 79.9. The fraction of sp³-hybridized carbons (Fsp3) is 0. The molecule has 3 nitrogen and oxygen atoms in total. The topological polar surface area (TPSA) is 53.1 Å². The first kappa shape index (κ1) is 10.4. The summed E-state index contributed by atoms with van der Waals surface area (Å²) in [6, 6.07) is 11.0. The predicted octanol–water partition coefficient (Wildman–Crippen LogP) is 3.78. The van der Waals surface area contributed by atoms with Gasteiger partial charge in [0.1, 0.15) is 0 Å². The average molecular weight is 290 g/mol. The van der Waals surface area contributed by atoms with Crippen LogP contribution in [0, 0.1) is 0 Å². The second kappa shape index (κ2) is 3.60. The zero-order valence-electron chi connectivity index (χ0n) is 8.70. The number of benzene rings is 2. The molecule has 0 aliphatic carbocycles. The first-order valence-electron chi connectivity index (χ1n) is 5.09. The standard InChI is InChI=1S/C13H8BrNO2/c14-8-2-3-9-10-5-7(13(16)17)1-4-11(10)15-12(9)6-8/h1-6,15H,(H,16,17). The molecular formula is C13H8BrNO2. The van der Waals surface area contributed by atoms with Gasteiger partial charge in [-0.3, -0.25) is 0 Å². The molecule has 2 N–H and O–H groups in total. The Bertz CT molecular complexity index is 746. The summed E-state index contributed by atoms with van der Waals surface area (Å²) in [6.07, 6.45) is 0. The van der Waals surface area contributed by atoms with Crippen LogP contribution in [0.15, 0.2) is 40.9 Å². The molecule has 84 valence electrons. The van der Waals surface area contributed by atoms with Gasteiger partial charge in [-0.1, -0.05) is 22.0 Å². The van der Waals surface area contributed by atoms with Crippen molar-refractivity contribution in [2.45, 2.75) is 0 Å². The van der Waals surface area contributed by atoms with Gasteiger partial charge in [0.25, 0.3) is 0 Å². The number of fused-ring (bicyclic) bond motifs is 3. The van der Waals surface area contributed by atoms with Crippen LogP contribution in [-0.4, -0.2) is 16.1 Å². The Labute approximate surface area is 105 Å². The molecule has 0 spiro atoms. The number of halogens is 1. The molecular weight excluding hydrogens is 282 g/mol. The van der Waals surface area contributed by atoms with Gasteiger partial charge < -0.3 is 10.1 Å². The van der Waals surface area contributed by atoms with Crippen LogP contribution in [-0.2, 0) is 0 Å². The summed E-state index contributed by atoms with van der Waals surface area (Å²) in [6.45, 7) is 0. The Balaban J connectivity index is 2.41. The SMILES string of the molecule is O=C(O)c1ccc2[nH]c3cc(Br)ccc3c2c1. The average Bonchev–Trinajstić information content (AvgIpc) is 2.64. The Hall–Kier alpha value is -1.81. The summed E-state index contributed by atoms with van der Waals surface area (Å²) < 4.78 is 0.995. The molecule has 3 rings (SSSR count). The number of H-pyrrole nitrogens is 1. The third kappa shape index (κ3) is 1.61. The maximum atomic E-state index is 10.9. The van der Waals surface area contributed by atoms with Crippen molar-refractivity contribution in [1.82, 2.24) is 4.98 Å². The number of carboxylic acid groups (broad SMARTS) is 1. The molecule has 0 amide bonds. The molecule has 2 aromatic carbocycles. The van der Waals surface area contributed by atoms with E-state index in [1.54, 1.807) is 18.2 Å². The molecule has 0 unspecified atom stereocenters. The van der Waals surface area contributed by atoms with Crippen molar-refractivity contribution in [2.75, 3.05) is 0 Å². The lowest BCUT2D eigenvalue weighted by atomic mass is 10.1. The van der Waals surface area contributed by atoms with Crippen molar-refractivity contribution in [3.05, 3.63) is 46.4 Å². The summed E-state index contributed by atoms with van der Waals surface area (Å²) in [7, 11) is 0. The Morgan fingerprint density at radius 2 is 1.88 bits per heavy atom. The van der Waals surface area contributed by atoms with Gasteiger partial charge in [-0.05, 0) is 30.3 Å². The van der Waals surface area contributed by atoms with E-state index in [1.165, 1.54) is 0 Å². The van der Waals surface area contributed by atoms with Crippen molar-refractivity contribution in [3.8, 4) is 0 Å². The van der Waals surface area contributed by atoms with Crippen LogP contribution in [0.5, 0.6) is 0 Å². The highest BCUT2D eigenvalue weighted by molar-refractivity contribution is 9.10. The molecule has 4 heteroatoms. The van der Waals surface area contributed by atoms with Crippen molar-refractivity contribution in [2.24, 2.45) is 0 Å². The van der Waals surface area contributed by atoms with Crippen molar-refractivity contribution < 1.29 is 9.90 Å². The molecule has 0 aliphatic heterocycles. The van der Waals surface area contributed by atoms with E-state index in [0.29, 0.717) is 5.56 Å². The Morgan fingerprint density at radius 3 is 2.65 bits per heavy atom. The number of rotatable bonds is 1. The molecule has 0 saturated heterocycles. The van der Waals surface area contributed by atoms with Crippen LogP contribution in [0.2, 0.25) is 0 Å². The quantitative estimate of drug-likeness (QED) is 0.716. The first-order chi connectivity index (χ1) is 8.15. The molecule has 0 atom stereocenters. The highest BCUT2D eigenvalue weighted by Crippen LogP contribution is 2.28. The van der Waals surface area contributed by atoms with Gasteiger partial charge in [0.2, 0.25) is 0 Å². The van der Waals surface area contributed by atoms with Crippen LogP contribution in [0.1, 0.15) is 10.4 Å². The fourth-order valence-electron chi connectivity index (χ4n) is 2.01. The molecule has 0 bridgehead atoms. The van der Waals surface area contributed by atoms with E-state index in [0.717, 1.165) is 26.3 Å². The monoisotopic (exact) mass is 289 g/mol. The Morgan fingerprint density at radius 1 is 1.06 bits per heavy atom. The van der Waals surface area contributed by atoms with Crippen molar-refractivity contribution in [1.29, 1.82) is 0 Å². The summed E-state index contributed by atoms with van der Waals surface area (Å²) in [5.74, 6) is -0.904. The maximum Gasteiger partial charge on any atom is 0.335 e. The van der Waals surface area contributed by atoms with E-state index in [2.05, 4.69) is 20.9 Å². The molecule has 1 heterocycles. The van der Waals surface area contributed by atoms with E-state index < -0.39 is 5.97 Å². The largest absolute Gasteiger partial charge is 0.478 e. The van der Waals surface area contributed by atoms with Gasteiger partial charge >= 0.3 is 5.97 Å². The van der Waals surface area contributed by atoms with E-state index >= 15 is 0 Å². The lowest BCUT2D eigenvalue weighted by molar-refractivity contribution is 0.0697. The number of hydrogen-bond donors (Lipinski definition) is 2. The van der Waals surface area contributed by atoms with Crippen LogP contribution >= 0.6 is 15.9 Å². The van der Waals surface area contributed by atoms with Gasteiger partial charge in [0, 0.05) is 26.3 Å². The number of aromatic carboxylic acids is 1. The van der Waals surface area contributed by atoms with Gasteiger partial charge in [-0.2, -0.15) is 0 Å². The number of aromatic amines is 1. The number of aromatic nitrogens is 1. The summed E-state index contributed by atoms with van der Waals surface area (Å²) in [5, 5.41) is 11.0. The lowest BCUT2D eigenvalue weighted by Crippen LogP contribution is -1.94. The van der Waals surface area contributed by atoms with Crippen LogP contribution in [0.4, 0.5) is 0 Å². The predicted molar refractivity (Wildman–Crippen MR) is 70.5 cm³/mol. The van der Waals surface area contributed by atoms with Crippen LogP contribution in [0.3, 0.4) is 0 Å². The van der Waals surface area contributed by atoms with Gasteiger partial charge in [-0.15, -0.1) is 0 Å². The van der Waals surface area contributed by atoms with Gasteiger partial charge in [-0.25, -0.2) is 4.79 Å². The minimum absolute atomic E-state index is 0.307. The van der Waals surface area contributed by atoms with Gasteiger partial charge in [0.15, 0.2) is 0 Å². The smallest absolute Gasteiger partial charge is 0.335 e. The zero-order valence-corrected chi connectivity index (χ0v) is 10.3. The summed E-state index contributed by atoms with van der Waals surface area (Å²) in [4.78, 5) is 14.2. The second-order valence-electron chi connectivity index (χ2n) is 3.88. The Kier molecular flexibility index (Phi) is 2.19. The third-order valence-corrected chi connectivity index (χ3v) is 3.30. The highest BCUT2D eigenvalue weighted by Gasteiger charge is 2.08. The number of carbonyl (C=O) groups is 1. The van der Waals surface area contributed by atoms with E-state index in [9.17, 15) is 4.79 Å². The molecule has 0 fully saturated rings. The molecule has 17 heavy (non-hydrogen) atoms. The zero-order chi connectivity index (χ0) is 12.0. The van der Waals surface area contributed by atoms with E-state index in [-0.39, 0.29) is 0 Å². The number of hydrogen-bond acceptors (Lipinski definition) is 1. The van der Waals surface area contributed by atoms with E-state index in [4.69, 9.17) is 5.11 Å². The molecule has 3 aromatic rings. The number of nitrogens with one attached hydrogen (secondary N) is 1. The second-order valence-corrected chi connectivity index (χ2v) is 4.80. The summed E-state index contributed by atoms with van der Waals surface area (Å²) in [5.41, 5.74) is 2.25.